The van der Waals surface area contributed by atoms with Gasteiger partial charge >= 0.3 is 6.18 Å². The van der Waals surface area contributed by atoms with E-state index in [0.29, 0.717) is 30.5 Å². The van der Waals surface area contributed by atoms with Gasteiger partial charge in [0.2, 0.25) is 17.7 Å². The van der Waals surface area contributed by atoms with Crippen molar-refractivity contribution in [1.82, 2.24) is 9.88 Å². The van der Waals surface area contributed by atoms with Crippen molar-refractivity contribution < 1.29 is 32.2 Å². The Morgan fingerprint density at radius 2 is 2.03 bits per heavy atom. The van der Waals surface area contributed by atoms with Crippen molar-refractivity contribution in [2.75, 3.05) is 19.5 Å². The summed E-state index contributed by atoms with van der Waals surface area (Å²) in [5, 5.41) is 2.70. The van der Waals surface area contributed by atoms with Crippen molar-refractivity contribution in [3.05, 3.63) is 42.1 Å². The highest BCUT2D eigenvalue weighted by atomic mass is 19.4. The van der Waals surface area contributed by atoms with Crippen LogP contribution in [0.15, 0.2) is 36.5 Å². The third kappa shape index (κ3) is 4.58. The van der Waals surface area contributed by atoms with Gasteiger partial charge in [0, 0.05) is 31.8 Å². The van der Waals surface area contributed by atoms with E-state index in [1.54, 1.807) is 13.1 Å². The zero-order valence-corrected chi connectivity index (χ0v) is 15.6. The predicted octanol–water partition coefficient (Wildman–Crippen LogP) is 3.46. The summed E-state index contributed by atoms with van der Waals surface area (Å²) in [5.41, 5.74) is -0.586. The van der Waals surface area contributed by atoms with Gasteiger partial charge in [0.25, 0.3) is 0 Å². The number of halogens is 3. The van der Waals surface area contributed by atoms with Crippen LogP contribution in [0.2, 0.25) is 0 Å². The first-order valence-electron chi connectivity index (χ1n) is 8.64. The number of nitrogens with one attached hydrogen (secondary N) is 1. The van der Waals surface area contributed by atoms with Crippen LogP contribution in [0, 0.1) is 0 Å². The summed E-state index contributed by atoms with van der Waals surface area (Å²) in [6, 6.07) is 5.91. The lowest BCUT2D eigenvalue weighted by atomic mass is 10.2. The van der Waals surface area contributed by atoms with Gasteiger partial charge in [-0.25, -0.2) is 4.98 Å². The molecule has 0 aliphatic carbocycles. The SMILES string of the molecule is COc1ccc(Oc2ccc(C(F)(F)F)cn2)cc1NC(=O)[C@H]1CCC(=O)N1C. The average Bonchev–Trinajstić information content (AvgIpc) is 3.00. The van der Waals surface area contributed by atoms with E-state index in [0.717, 1.165) is 12.1 Å². The van der Waals surface area contributed by atoms with E-state index in [-0.39, 0.29) is 23.4 Å². The second-order valence-corrected chi connectivity index (χ2v) is 6.40. The number of aromatic nitrogens is 1. The van der Waals surface area contributed by atoms with E-state index in [2.05, 4.69) is 10.3 Å². The van der Waals surface area contributed by atoms with Crippen molar-refractivity contribution in [3.8, 4) is 17.4 Å². The molecule has 1 saturated heterocycles. The summed E-state index contributed by atoms with van der Waals surface area (Å²) in [6.07, 6.45) is -3.10. The molecule has 1 fully saturated rings. The van der Waals surface area contributed by atoms with Gasteiger partial charge in [0.15, 0.2) is 0 Å². The molecule has 1 aromatic carbocycles. The lowest BCUT2D eigenvalue weighted by molar-refractivity contribution is -0.137. The zero-order chi connectivity index (χ0) is 21.2. The maximum Gasteiger partial charge on any atom is 0.417 e. The van der Waals surface area contributed by atoms with Crippen LogP contribution in [0.5, 0.6) is 17.4 Å². The van der Waals surface area contributed by atoms with Gasteiger partial charge in [0.05, 0.1) is 18.4 Å². The minimum Gasteiger partial charge on any atom is -0.495 e. The van der Waals surface area contributed by atoms with Gasteiger partial charge < -0.3 is 19.7 Å². The molecule has 1 atom stereocenters. The number of hydrogen-bond acceptors (Lipinski definition) is 5. The molecule has 0 spiro atoms. The Kier molecular flexibility index (Phi) is 5.62. The molecule has 1 aromatic heterocycles. The molecule has 1 aliphatic heterocycles. The number of ether oxygens (including phenoxy) is 2. The Labute approximate surface area is 164 Å². The highest BCUT2D eigenvalue weighted by molar-refractivity contribution is 5.99. The summed E-state index contributed by atoms with van der Waals surface area (Å²) < 4.78 is 48.6. The highest BCUT2D eigenvalue weighted by Gasteiger charge is 2.33. The van der Waals surface area contributed by atoms with Gasteiger partial charge in [0.1, 0.15) is 17.5 Å². The molecule has 1 N–H and O–H groups in total. The number of anilines is 1. The van der Waals surface area contributed by atoms with Crippen LogP contribution in [0.4, 0.5) is 18.9 Å². The molecule has 2 heterocycles. The standard InChI is InChI=1S/C19H18F3N3O4/c1-25-14(5-8-17(25)26)18(27)24-13-9-12(4-6-15(13)28-2)29-16-7-3-11(10-23-16)19(20,21)22/h3-4,6-7,9-10,14H,5,8H2,1-2H3,(H,24,27)/t14-/m1/s1. The van der Waals surface area contributed by atoms with Gasteiger partial charge in [-0.1, -0.05) is 0 Å². The average molecular weight is 409 g/mol. The van der Waals surface area contributed by atoms with Gasteiger partial charge in [-0.05, 0) is 24.6 Å². The van der Waals surface area contributed by atoms with Crippen LogP contribution in [0.1, 0.15) is 18.4 Å². The molecule has 10 heteroatoms. The summed E-state index contributed by atoms with van der Waals surface area (Å²) in [7, 11) is 2.99. The summed E-state index contributed by atoms with van der Waals surface area (Å²) in [6.45, 7) is 0. The second-order valence-electron chi connectivity index (χ2n) is 6.40. The molecule has 0 radical (unpaired) electrons. The van der Waals surface area contributed by atoms with Gasteiger partial charge in [-0.3, -0.25) is 9.59 Å². The number of amides is 2. The predicted molar refractivity (Wildman–Crippen MR) is 96.7 cm³/mol. The van der Waals surface area contributed by atoms with E-state index >= 15 is 0 Å². The normalized spacial score (nSPS) is 16.7. The Balaban J connectivity index is 1.76. The van der Waals surface area contributed by atoms with Crippen LogP contribution in [-0.4, -0.2) is 41.9 Å². The molecule has 2 amide bonds. The van der Waals surface area contributed by atoms with Gasteiger partial charge in [-0.15, -0.1) is 0 Å². The minimum atomic E-state index is -4.49. The Morgan fingerprint density at radius 1 is 1.28 bits per heavy atom. The number of carbonyl (C=O) groups excluding carboxylic acids is 2. The van der Waals surface area contributed by atoms with Crippen LogP contribution < -0.4 is 14.8 Å². The zero-order valence-electron chi connectivity index (χ0n) is 15.6. The van der Waals surface area contributed by atoms with E-state index < -0.39 is 17.8 Å². The summed E-state index contributed by atoms with van der Waals surface area (Å²) in [4.78, 5) is 29.2. The number of alkyl halides is 3. The van der Waals surface area contributed by atoms with Gasteiger partial charge in [-0.2, -0.15) is 13.2 Å². The first-order chi connectivity index (χ1) is 13.7. The molecule has 2 aromatic rings. The number of methoxy groups -OCH3 is 1. The molecule has 0 saturated carbocycles. The number of rotatable bonds is 5. The second kappa shape index (κ2) is 7.98. The van der Waals surface area contributed by atoms with Crippen LogP contribution in [0.25, 0.3) is 0 Å². The maximum atomic E-state index is 12.6. The third-order valence-corrected chi connectivity index (χ3v) is 4.51. The number of carbonyl (C=O) groups is 2. The Bertz CT molecular complexity index is 916. The topological polar surface area (TPSA) is 80.8 Å². The number of nitrogens with zero attached hydrogens (tertiary/aromatic N) is 2. The van der Waals surface area contributed by atoms with E-state index in [9.17, 15) is 22.8 Å². The largest absolute Gasteiger partial charge is 0.495 e. The van der Waals surface area contributed by atoms with E-state index in [4.69, 9.17) is 9.47 Å². The van der Waals surface area contributed by atoms with Crippen molar-refractivity contribution in [2.45, 2.75) is 25.1 Å². The van der Waals surface area contributed by atoms with Crippen LogP contribution >= 0.6 is 0 Å². The lowest BCUT2D eigenvalue weighted by Crippen LogP contribution is -2.38. The van der Waals surface area contributed by atoms with E-state index in [1.807, 2.05) is 0 Å². The molecule has 29 heavy (non-hydrogen) atoms. The molecule has 3 rings (SSSR count). The van der Waals surface area contributed by atoms with Crippen molar-refractivity contribution in [3.63, 3.8) is 0 Å². The van der Waals surface area contributed by atoms with Crippen molar-refractivity contribution in [1.29, 1.82) is 0 Å². The lowest BCUT2D eigenvalue weighted by Gasteiger charge is -2.20. The van der Waals surface area contributed by atoms with Crippen molar-refractivity contribution >= 4 is 17.5 Å². The molecule has 7 nitrogen and oxygen atoms in total. The van der Waals surface area contributed by atoms with Crippen LogP contribution in [0.3, 0.4) is 0 Å². The smallest absolute Gasteiger partial charge is 0.417 e. The monoisotopic (exact) mass is 409 g/mol. The number of likely N-dealkylation sites (N-methyl/N-ethyl adjacent to an activating group) is 1. The first-order valence-corrected chi connectivity index (χ1v) is 8.64. The summed E-state index contributed by atoms with van der Waals surface area (Å²) >= 11 is 0. The van der Waals surface area contributed by atoms with E-state index in [1.165, 1.54) is 24.1 Å². The maximum absolute atomic E-state index is 12.6. The fourth-order valence-corrected chi connectivity index (χ4v) is 2.90. The minimum absolute atomic E-state index is 0.0402. The third-order valence-electron chi connectivity index (χ3n) is 4.51. The Hall–Kier alpha value is -3.30. The fourth-order valence-electron chi connectivity index (χ4n) is 2.90. The molecule has 154 valence electrons. The molecule has 0 bridgehead atoms. The number of likely N-dealkylation sites (tertiary alicyclic amines) is 1. The fraction of sp³-hybridized carbons (Fsp3) is 0.316. The number of hydrogen-bond donors (Lipinski definition) is 1. The first kappa shape index (κ1) is 20.4. The quantitative estimate of drug-likeness (QED) is 0.818. The molecular formula is C19H18F3N3O4. The van der Waals surface area contributed by atoms with Crippen LogP contribution in [-0.2, 0) is 15.8 Å². The number of benzene rings is 1. The molecule has 0 unspecified atom stereocenters. The summed E-state index contributed by atoms with van der Waals surface area (Å²) in [5.74, 6) is 0.0767. The molecule has 1 aliphatic rings. The number of pyridine rings is 1. The molecular weight excluding hydrogens is 391 g/mol. The highest BCUT2D eigenvalue weighted by Crippen LogP contribution is 2.33. The van der Waals surface area contributed by atoms with Crippen molar-refractivity contribution in [2.24, 2.45) is 0 Å². The Morgan fingerprint density at radius 3 is 2.59 bits per heavy atom.